The van der Waals surface area contributed by atoms with Crippen LogP contribution in [0.4, 0.5) is 28.8 Å². The lowest BCUT2D eigenvalue weighted by atomic mass is 10.1. The molecule has 0 saturated heterocycles. The standard InChI is InChI=1S/C18H12F3N3O3S/c19-18(20,21)11-2-4-12(5-3-11)22-16(25)24-17-23-13(8-28-17)10-1-6-14-15(7-10)27-9-26-14/h1-8H,9H2,(H2,22,23,24,25). The minimum Gasteiger partial charge on any atom is -0.454 e. The maximum absolute atomic E-state index is 12.6. The molecule has 144 valence electrons. The molecule has 4 rings (SSSR count). The summed E-state index contributed by atoms with van der Waals surface area (Å²) in [5.41, 5.74) is 0.898. The van der Waals surface area contributed by atoms with Crippen LogP contribution in [0.5, 0.6) is 11.5 Å². The van der Waals surface area contributed by atoms with Crippen LogP contribution in [0.2, 0.25) is 0 Å². The van der Waals surface area contributed by atoms with Crippen LogP contribution in [-0.4, -0.2) is 17.8 Å². The zero-order chi connectivity index (χ0) is 19.7. The fourth-order valence-corrected chi connectivity index (χ4v) is 3.24. The Bertz CT molecular complexity index is 1020. The Morgan fingerprint density at radius 2 is 1.79 bits per heavy atom. The van der Waals surface area contributed by atoms with Gasteiger partial charge in [-0.05, 0) is 42.5 Å². The molecule has 1 aromatic heterocycles. The lowest BCUT2D eigenvalue weighted by Gasteiger charge is -2.08. The largest absolute Gasteiger partial charge is 0.454 e. The Balaban J connectivity index is 1.40. The van der Waals surface area contributed by atoms with Crippen LogP contribution in [-0.2, 0) is 6.18 Å². The summed E-state index contributed by atoms with van der Waals surface area (Å²) < 4.78 is 48.3. The molecular weight excluding hydrogens is 395 g/mol. The number of fused-ring (bicyclic) bond motifs is 1. The van der Waals surface area contributed by atoms with E-state index in [1.807, 2.05) is 6.07 Å². The number of carbonyl (C=O) groups excluding carboxylic acids is 1. The molecule has 0 spiro atoms. The summed E-state index contributed by atoms with van der Waals surface area (Å²) in [7, 11) is 0. The Morgan fingerprint density at radius 1 is 1.04 bits per heavy atom. The number of nitrogens with zero attached hydrogens (tertiary/aromatic N) is 1. The summed E-state index contributed by atoms with van der Waals surface area (Å²) >= 11 is 1.22. The SMILES string of the molecule is O=C(Nc1ccc(C(F)(F)F)cc1)Nc1nc(-c2ccc3c(c2)OCO3)cs1. The van der Waals surface area contributed by atoms with Gasteiger partial charge in [-0.2, -0.15) is 13.2 Å². The second kappa shape index (κ2) is 7.04. The topological polar surface area (TPSA) is 72.5 Å². The molecule has 0 unspecified atom stereocenters. The molecule has 28 heavy (non-hydrogen) atoms. The van der Waals surface area contributed by atoms with Gasteiger partial charge in [-0.25, -0.2) is 9.78 Å². The van der Waals surface area contributed by atoms with Crippen molar-refractivity contribution in [2.24, 2.45) is 0 Å². The van der Waals surface area contributed by atoms with Crippen LogP contribution in [0.1, 0.15) is 5.56 Å². The molecule has 0 bridgehead atoms. The number of aromatic nitrogens is 1. The lowest BCUT2D eigenvalue weighted by molar-refractivity contribution is -0.137. The quantitative estimate of drug-likeness (QED) is 0.626. The van der Waals surface area contributed by atoms with E-state index in [1.165, 1.54) is 23.5 Å². The van der Waals surface area contributed by atoms with Crippen molar-refractivity contribution in [3.8, 4) is 22.8 Å². The normalized spacial score (nSPS) is 12.7. The highest BCUT2D eigenvalue weighted by molar-refractivity contribution is 7.14. The zero-order valence-corrected chi connectivity index (χ0v) is 14.9. The van der Waals surface area contributed by atoms with Crippen molar-refractivity contribution < 1.29 is 27.4 Å². The Kier molecular flexibility index (Phi) is 4.55. The van der Waals surface area contributed by atoms with Crippen LogP contribution in [0.15, 0.2) is 47.8 Å². The molecule has 10 heteroatoms. The molecule has 0 saturated carbocycles. The van der Waals surface area contributed by atoms with E-state index >= 15 is 0 Å². The first-order valence-electron chi connectivity index (χ1n) is 7.99. The van der Waals surface area contributed by atoms with Gasteiger partial charge in [0.1, 0.15) is 0 Å². The van der Waals surface area contributed by atoms with Crippen LogP contribution in [0.25, 0.3) is 11.3 Å². The van der Waals surface area contributed by atoms with E-state index in [0.29, 0.717) is 22.3 Å². The highest BCUT2D eigenvalue weighted by Gasteiger charge is 2.30. The number of nitrogens with one attached hydrogen (secondary N) is 2. The van der Waals surface area contributed by atoms with Crippen molar-refractivity contribution >= 4 is 28.2 Å². The molecule has 0 fully saturated rings. The second-order valence-corrected chi connectivity index (χ2v) is 6.62. The van der Waals surface area contributed by atoms with Gasteiger partial charge in [0.05, 0.1) is 11.3 Å². The first-order valence-corrected chi connectivity index (χ1v) is 8.87. The molecule has 0 radical (unpaired) electrons. The summed E-state index contributed by atoms with van der Waals surface area (Å²) in [4.78, 5) is 16.4. The van der Waals surface area contributed by atoms with Gasteiger partial charge in [0.25, 0.3) is 0 Å². The number of rotatable bonds is 3. The summed E-state index contributed by atoms with van der Waals surface area (Å²) in [5.74, 6) is 1.29. The third-order valence-corrected chi connectivity index (χ3v) is 4.62. The predicted octanol–water partition coefficient (Wildman–Crippen LogP) is 5.20. The van der Waals surface area contributed by atoms with Crippen molar-refractivity contribution in [2.75, 3.05) is 17.4 Å². The molecule has 1 aliphatic heterocycles. The number of benzene rings is 2. The van der Waals surface area contributed by atoms with E-state index in [1.54, 1.807) is 17.5 Å². The van der Waals surface area contributed by atoms with E-state index in [2.05, 4.69) is 15.6 Å². The number of alkyl halides is 3. The van der Waals surface area contributed by atoms with Gasteiger partial charge >= 0.3 is 12.2 Å². The Morgan fingerprint density at radius 3 is 2.54 bits per heavy atom. The van der Waals surface area contributed by atoms with Crippen molar-refractivity contribution in [3.05, 3.63) is 53.4 Å². The average Bonchev–Trinajstić information content (AvgIpc) is 3.29. The number of thiazole rings is 1. The number of urea groups is 1. The molecule has 0 aliphatic carbocycles. The van der Waals surface area contributed by atoms with E-state index < -0.39 is 17.8 Å². The summed E-state index contributed by atoms with van der Waals surface area (Å²) in [6.45, 7) is 0.173. The number of amides is 2. The monoisotopic (exact) mass is 407 g/mol. The minimum absolute atomic E-state index is 0.173. The lowest BCUT2D eigenvalue weighted by Crippen LogP contribution is -2.19. The first kappa shape index (κ1) is 18.1. The first-order chi connectivity index (χ1) is 13.4. The zero-order valence-electron chi connectivity index (χ0n) is 14.0. The number of carbonyl (C=O) groups is 1. The third-order valence-electron chi connectivity index (χ3n) is 3.86. The number of hydrogen-bond donors (Lipinski definition) is 2. The number of halogens is 3. The smallest absolute Gasteiger partial charge is 0.416 e. The highest BCUT2D eigenvalue weighted by Crippen LogP contribution is 2.36. The van der Waals surface area contributed by atoms with Gasteiger partial charge in [0, 0.05) is 16.6 Å². The molecule has 6 nitrogen and oxygen atoms in total. The van der Waals surface area contributed by atoms with Gasteiger partial charge in [0.2, 0.25) is 6.79 Å². The second-order valence-electron chi connectivity index (χ2n) is 5.76. The van der Waals surface area contributed by atoms with Crippen LogP contribution < -0.4 is 20.1 Å². The molecule has 2 amide bonds. The number of hydrogen-bond acceptors (Lipinski definition) is 5. The van der Waals surface area contributed by atoms with Crippen molar-refractivity contribution in [1.29, 1.82) is 0 Å². The Labute approximate surface area is 160 Å². The molecular formula is C18H12F3N3O3S. The van der Waals surface area contributed by atoms with Gasteiger partial charge in [-0.15, -0.1) is 11.3 Å². The van der Waals surface area contributed by atoms with E-state index in [-0.39, 0.29) is 12.5 Å². The van der Waals surface area contributed by atoms with Crippen LogP contribution in [0, 0.1) is 0 Å². The van der Waals surface area contributed by atoms with Crippen molar-refractivity contribution in [1.82, 2.24) is 4.98 Å². The minimum atomic E-state index is -4.42. The van der Waals surface area contributed by atoms with E-state index in [0.717, 1.165) is 17.7 Å². The third kappa shape index (κ3) is 3.86. The molecule has 2 aromatic carbocycles. The average molecular weight is 407 g/mol. The van der Waals surface area contributed by atoms with Gasteiger partial charge in [-0.1, -0.05) is 0 Å². The van der Waals surface area contributed by atoms with Gasteiger partial charge in [0.15, 0.2) is 16.6 Å². The summed E-state index contributed by atoms with van der Waals surface area (Å²) in [6.07, 6.45) is -4.42. The summed E-state index contributed by atoms with van der Waals surface area (Å²) in [6, 6.07) is 8.96. The molecule has 2 heterocycles. The maximum Gasteiger partial charge on any atom is 0.416 e. The fourth-order valence-electron chi connectivity index (χ4n) is 2.52. The van der Waals surface area contributed by atoms with E-state index in [9.17, 15) is 18.0 Å². The number of anilines is 2. The van der Waals surface area contributed by atoms with Crippen LogP contribution >= 0.6 is 11.3 Å². The van der Waals surface area contributed by atoms with Crippen LogP contribution in [0.3, 0.4) is 0 Å². The van der Waals surface area contributed by atoms with E-state index in [4.69, 9.17) is 9.47 Å². The van der Waals surface area contributed by atoms with Crippen molar-refractivity contribution in [3.63, 3.8) is 0 Å². The number of ether oxygens (including phenoxy) is 2. The molecule has 1 aliphatic rings. The maximum atomic E-state index is 12.6. The molecule has 3 aromatic rings. The highest BCUT2D eigenvalue weighted by atomic mass is 32.1. The molecule has 0 atom stereocenters. The fraction of sp³-hybridized carbons (Fsp3) is 0.111. The summed E-state index contributed by atoms with van der Waals surface area (Å²) in [5, 5.41) is 7.14. The molecule has 2 N–H and O–H groups in total. The Hall–Kier alpha value is -3.27. The van der Waals surface area contributed by atoms with Gasteiger partial charge < -0.3 is 14.8 Å². The van der Waals surface area contributed by atoms with Gasteiger partial charge in [-0.3, -0.25) is 5.32 Å². The van der Waals surface area contributed by atoms with Crippen molar-refractivity contribution in [2.45, 2.75) is 6.18 Å². The predicted molar refractivity (Wildman–Crippen MR) is 97.8 cm³/mol.